The average Bonchev–Trinajstić information content (AvgIpc) is 3.05. The molecule has 0 saturated carbocycles. The van der Waals surface area contributed by atoms with Gasteiger partial charge in [-0.05, 0) is 48.6 Å². The Kier molecular flexibility index (Phi) is 5.79. The molecule has 1 amide bonds. The van der Waals surface area contributed by atoms with Crippen molar-refractivity contribution >= 4 is 17.2 Å². The maximum atomic E-state index is 12.8. The van der Waals surface area contributed by atoms with Gasteiger partial charge in [0, 0.05) is 6.61 Å². The van der Waals surface area contributed by atoms with Crippen molar-refractivity contribution in [2.24, 2.45) is 5.92 Å². The minimum Gasteiger partial charge on any atom is -0.380 e. The minimum absolute atomic E-state index is 0.0250. The zero-order valence-corrected chi connectivity index (χ0v) is 14.2. The van der Waals surface area contributed by atoms with E-state index in [1.807, 2.05) is 11.8 Å². The Labute approximate surface area is 131 Å². The molecule has 5 heteroatoms. The van der Waals surface area contributed by atoms with Crippen molar-refractivity contribution in [1.29, 1.82) is 0 Å². The summed E-state index contributed by atoms with van der Waals surface area (Å²) >= 11 is 1.67. The van der Waals surface area contributed by atoms with Crippen LogP contribution in [0.3, 0.4) is 0 Å². The van der Waals surface area contributed by atoms with Gasteiger partial charge in [-0.25, -0.2) is 0 Å². The van der Waals surface area contributed by atoms with Crippen LogP contribution in [0.5, 0.6) is 0 Å². The molecule has 3 unspecified atom stereocenters. The number of nitrogens with one attached hydrogen (secondary N) is 1. The maximum absolute atomic E-state index is 12.8. The van der Waals surface area contributed by atoms with Gasteiger partial charge in [0.15, 0.2) is 0 Å². The third kappa shape index (κ3) is 3.84. The van der Waals surface area contributed by atoms with E-state index < -0.39 is 0 Å². The summed E-state index contributed by atoms with van der Waals surface area (Å²) in [5.41, 5.74) is 1.17. The van der Waals surface area contributed by atoms with Crippen LogP contribution in [0, 0.1) is 5.92 Å². The second-order valence-corrected chi connectivity index (χ2v) is 6.84. The van der Waals surface area contributed by atoms with E-state index in [1.165, 1.54) is 5.56 Å². The molecule has 0 spiro atoms. The van der Waals surface area contributed by atoms with Gasteiger partial charge < -0.3 is 9.64 Å². The largest absolute Gasteiger partial charge is 0.380 e. The van der Waals surface area contributed by atoms with E-state index in [1.54, 1.807) is 11.3 Å². The Bertz CT molecular complexity index is 447. The Morgan fingerprint density at radius 2 is 2.19 bits per heavy atom. The number of rotatable bonds is 7. The van der Waals surface area contributed by atoms with Crippen LogP contribution in [0.4, 0.5) is 0 Å². The highest BCUT2D eigenvalue weighted by atomic mass is 32.1. The quantitative estimate of drug-likeness (QED) is 0.842. The number of carbonyl (C=O) groups excluding carboxylic acids is 1. The molecule has 0 aliphatic carbocycles. The lowest BCUT2D eigenvalue weighted by atomic mass is 10.0. The van der Waals surface area contributed by atoms with E-state index in [0.717, 1.165) is 6.42 Å². The van der Waals surface area contributed by atoms with E-state index in [-0.39, 0.29) is 24.2 Å². The molecule has 21 heavy (non-hydrogen) atoms. The second-order valence-electron chi connectivity index (χ2n) is 6.06. The van der Waals surface area contributed by atoms with Crippen molar-refractivity contribution in [3.05, 3.63) is 22.4 Å². The molecule has 0 bridgehead atoms. The summed E-state index contributed by atoms with van der Waals surface area (Å²) < 4.78 is 5.52. The first-order valence-electron chi connectivity index (χ1n) is 7.72. The molecular weight excluding hydrogens is 284 g/mol. The number of carbonyl (C=O) groups is 1. The van der Waals surface area contributed by atoms with Gasteiger partial charge in [0.1, 0.15) is 6.17 Å². The maximum Gasteiger partial charge on any atom is 0.241 e. The minimum atomic E-state index is -0.0843. The molecular formula is C16H26N2O2S. The number of amides is 1. The van der Waals surface area contributed by atoms with E-state index >= 15 is 0 Å². The summed E-state index contributed by atoms with van der Waals surface area (Å²) in [4.78, 5) is 14.7. The Morgan fingerprint density at radius 1 is 1.43 bits per heavy atom. The van der Waals surface area contributed by atoms with Crippen molar-refractivity contribution in [3.63, 3.8) is 0 Å². The van der Waals surface area contributed by atoms with Crippen LogP contribution < -0.4 is 5.32 Å². The van der Waals surface area contributed by atoms with Gasteiger partial charge in [0.25, 0.3) is 0 Å². The Balaban J connectivity index is 2.17. The third-order valence-corrected chi connectivity index (χ3v) is 4.50. The first kappa shape index (κ1) is 16.5. The molecule has 0 radical (unpaired) electrons. The van der Waals surface area contributed by atoms with Gasteiger partial charge in [-0.15, -0.1) is 0 Å². The van der Waals surface area contributed by atoms with Gasteiger partial charge in [0.05, 0.1) is 18.7 Å². The van der Waals surface area contributed by atoms with Crippen LogP contribution in [0.2, 0.25) is 0 Å². The van der Waals surface area contributed by atoms with E-state index in [4.69, 9.17) is 4.74 Å². The first-order chi connectivity index (χ1) is 10.0. The summed E-state index contributed by atoms with van der Waals surface area (Å²) in [6, 6.07) is 2.08. The molecule has 1 aromatic rings. The smallest absolute Gasteiger partial charge is 0.241 e. The lowest BCUT2D eigenvalue weighted by molar-refractivity contribution is -0.133. The standard InChI is InChI=1S/C16H26N2O2S/c1-5-20-9-12(4)18-15(13-6-7-21-10-13)17-14(16(18)19)8-11(2)3/h6-7,10-12,14-15,17H,5,8-9H2,1-4H3. The predicted molar refractivity (Wildman–Crippen MR) is 86.2 cm³/mol. The lowest BCUT2D eigenvalue weighted by Crippen LogP contribution is -2.41. The third-order valence-electron chi connectivity index (χ3n) is 3.79. The van der Waals surface area contributed by atoms with Crippen molar-refractivity contribution < 1.29 is 9.53 Å². The Hall–Kier alpha value is -0.910. The van der Waals surface area contributed by atoms with Gasteiger partial charge in [-0.2, -0.15) is 11.3 Å². The summed E-state index contributed by atoms with van der Waals surface area (Å²) in [5, 5.41) is 7.68. The Morgan fingerprint density at radius 3 is 2.76 bits per heavy atom. The van der Waals surface area contributed by atoms with Gasteiger partial charge >= 0.3 is 0 Å². The van der Waals surface area contributed by atoms with Gasteiger partial charge in [0.2, 0.25) is 5.91 Å². The van der Waals surface area contributed by atoms with E-state index in [9.17, 15) is 4.79 Å². The number of hydrogen-bond acceptors (Lipinski definition) is 4. The molecule has 1 aromatic heterocycles. The molecule has 0 aromatic carbocycles. The highest BCUT2D eigenvalue weighted by Gasteiger charge is 2.42. The van der Waals surface area contributed by atoms with E-state index in [2.05, 4.69) is 42.9 Å². The van der Waals surface area contributed by atoms with Crippen LogP contribution in [-0.2, 0) is 9.53 Å². The monoisotopic (exact) mass is 310 g/mol. The van der Waals surface area contributed by atoms with Crippen molar-refractivity contribution in [2.45, 2.75) is 52.4 Å². The number of hydrogen-bond donors (Lipinski definition) is 1. The van der Waals surface area contributed by atoms with Crippen LogP contribution in [0.1, 0.15) is 45.8 Å². The highest BCUT2D eigenvalue weighted by molar-refractivity contribution is 7.07. The fourth-order valence-corrected chi connectivity index (χ4v) is 3.50. The van der Waals surface area contributed by atoms with Crippen molar-refractivity contribution in [3.8, 4) is 0 Å². The van der Waals surface area contributed by atoms with Crippen LogP contribution in [0.25, 0.3) is 0 Å². The van der Waals surface area contributed by atoms with E-state index in [0.29, 0.717) is 19.1 Å². The average molecular weight is 310 g/mol. The molecule has 1 aliphatic heterocycles. The molecule has 4 nitrogen and oxygen atoms in total. The molecule has 2 heterocycles. The van der Waals surface area contributed by atoms with Crippen molar-refractivity contribution in [2.75, 3.05) is 13.2 Å². The zero-order valence-electron chi connectivity index (χ0n) is 13.3. The molecule has 1 fully saturated rings. The van der Waals surface area contributed by atoms with Crippen molar-refractivity contribution in [1.82, 2.24) is 10.2 Å². The SMILES string of the molecule is CCOCC(C)N1C(=O)C(CC(C)C)NC1c1ccsc1. The number of nitrogens with zero attached hydrogens (tertiary/aromatic N) is 1. The number of ether oxygens (including phenoxy) is 1. The summed E-state index contributed by atoms with van der Waals surface area (Å²) in [6.07, 6.45) is 0.847. The second kappa shape index (κ2) is 7.38. The molecule has 118 valence electrons. The van der Waals surface area contributed by atoms with Gasteiger partial charge in [-0.3, -0.25) is 10.1 Å². The molecule has 3 atom stereocenters. The topological polar surface area (TPSA) is 41.6 Å². The molecule has 1 aliphatic rings. The number of thiophene rings is 1. The molecule has 1 N–H and O–H groups in total. The van der Waals surface area contributed by atoms with Crippen LogP contribution >= 0.6 is 11.3 Å². The predicted octanol–water partition coefficient (Wildman–Crippen LogP) is 3.02. The molecule has 1 saturated heterocycles. The highest BCUT2D eigenvalue weighted by Crippen LogP contribution is 2.30. The first-order valence-corrected chi connectivity index (χ1v) is 8.66. The lowest BCUT2D eigenvalue weighted by Gasteiger charge is -2.29. The summed E-state index contributed by atoms with van der Waals surface area (Å²) in [6.45, 7) is 9.61. The summed E-state index contributed by atoms with van der Waals surface area (Å²) in [7, 11) is 0. The van der Waals surface area contributed by atoms with Crippen LogP contribution in [0.15, 0.2) is 16.8 Å². The fourth-order valence-electron chi connectivity index (χ4n) is 2.82. The van der Waals surface area contributed by atoms with Crippen LogP contribution in [-0.4, -0.2) is 36.1 Å². The zero-order chi connectivity index (χ0) is 15.4. The molecule has 2 rings (SSSR count). The van der Waals surface area contributed by atoms with Gasteiger partial charge in [-0.1, -0.05) is 13.8 Å². The normalized spacial score (nSPS) is 24.0. The fraction of sp³-hybridized carbons (Fsp3) is 0.688. The summed E-state index contributed by atoms with van der Waals surface area (Å²) in [5.74, 6) is 0.698.